The number of thioether (sulfide) groups is 1. The lowest BCUT2D eigenvalue weighted by Gasteiger charge is -2.12. The number of nitriles is 1. The lowest BCUT2D eigenvalue weighted by molar-refractivity contribution is 0.0528. The summed E-state index contributed by atoms with van der Waals surface area (Å²) >= 11 is 1.34. The second-order valence-electron chi connectivity index (χ2n) is 5.31. The topological polar surface area (TPSA) is 92.3 Å². The van der Waals surface area contributed by atoms with E-state index in [1.54, 1.807) is 6.92 Å². The number of hydrogen-bond donors (Lipinski definition) is 1. The predicted octanol–water partition coefficient (Wildman–Crippen LogP) is 3.11. The molecule has 3 aromatic rings. The van der Waals surface area contributed by atoms with Gasteiger partial charge in [-0.1, -0.05) is 30.3 Å². The van der Waals surface area contributed by atoms with Gasteiger partial charge in [-0.3, -0.25) is 0 Å². The van der Waals surface area contributed by atoms with Crippen molar-refractivity contribution in [3.05, 3.63) is 53.2 Å². The van der Waals surface area contributed by atoms with E-state index in [1.165, 1.54) is 22.5 Å². The van der Waals surface area contributed by atoms with Gasteiger partial charge >= 0.3 is 5.97 Å². The zero-order valence-corrected chi connectivity index (χ0v) is 15.2. The van der Waals surface area contributed by atoms with Crippen LogP contribution in [0, 0.1) is 11.3 Å². The molecular weight excluding hydrogens is 350 g/mol. The Hall–Kier alpha value is -3.05. The number of nitrogens with one attached hydrogen (secondary N) is 1. The maximum atomic E-state index is 12.2. The van der Waals surface area contributed by atoms with Crippen LogP contribution in [0.25, 0.3) is 5.65 Å². The average molecular weight is 367 g/mol. The third kappa shape index (κ3) is 3.34. The van der Waals surface area contributed by atoms with Gasteiger partial charge in [-0.05, 0) is 18.7 Å². The minimum Gasteiger partial charge on any atom is -0.462 e. The fourth-order valence-electron chi connectivity index (χ4n) is 2.52. The number of aromatic nitrogens is 3. The predicted molar refractivity (Wildman–Crippen MR) is 99.2 cm³/mol. The van der Waals surface area contributed by atoms with E-state index in [0.29, 0.717) is 28.6 Å². The quantitative estimate of drug-likeness (QED) is 0.406. The normalized spacial score (nSPS) is 10.5. The summed E-state index contributed by atoms with van der Waals surface area (Å²) in [4.78, 5) is 16.6. The van der Waals surface area contributed by atoms with Crippen molar-refractivity contribution in [1.29, 1.82) is 5.26 Å². The molecule has 7 nitrogen and oxygen atoms in total. The van der Waals surface area contributed by atoms with Gasteiger partial charge in [0, 0.05) is 6.54 Å². The van der Waals surface area contributed by atoms with Crippen LogP contribution in [0.1, 0.15) is 28.4 Å². The SMILES string of the molecule is CCOC(=O)c1cnn2c(NCc3ccccc3)c(C#N)c(SC)nc12. The highest BCUT2D eigenvalue weighted by Gasteiger charge is 2.22. The first kappa shape index (κ1) is 17.8. The summed E-state index contributed by atoms with van der Waals surface area (Å²) in [6.45, 7) is 2.52. The van der Waals surface area contributed by atoms with Gasteiger partial charge in [-0.2, -0.15) is 14.9 Å². The van der Waals surface area contributed by atoms with E-state index in [4.69, 9.17) is 4.74 Å². The Morgan fingerprint density at radius 3 is 2.81 bits per heavy atom. The van der Waals surface area contributed by atoms with E-state index in [0.717, 1.165) is 5.56 Å². The van der Waals surface area contributed by atoms with Gasteiger partial charge in [0.1, 0.15) is 22.2 Å². The van der Waals surface area contributed by atoms with Crippen molar-refractivity contribution in [2.24, 2.45) is 0 Å². The second kappa shape index (κ2) is 7.89. The zero-order valence-electron chi connectivity index (χ0n) is 14.4. The lowest BCUT2D eigenvalue weighted by atomic mass is 10.2. The fourth-order valence-corrected chi connectivity index (χ4v) is 3.04. The smallest absolute Gasteiger partial charge is 0.343 e. The van der Waals surface area contributed by atoms with Crippen molar-refractivity contribution in [2.75, 3.05) is 18.2 Å². The second-order valence-corrected chi connectivity index (χ2v) is 6.10. The van der Waals surface area contributed by atoms with Gasteiger partial charge in [0.25, 0.3) is 0 Å². The van der Waals surface area contributed by atoms with Crippen LogP contribution in [-0.2, 0) is 11.3 Å². The molecule has 0 amide bonds. The summed E-state index contributed by atoms with van der Waals surface area (Å²) in [6, 6.07) is 12.0. The molecule has 0 radical (unpaired) electrons. The molecule has 0 saturated heterocycles. The molecule has 0 aliphatic carbocycles. The number of carbonyl (C=O) groups excluding carboxylic acids is 1. The third-order valence-electron chi connectivity index (χ3n) is 3.72. The van der Waals surface area contributed by atoms with Gasteiger partial charge < -0.3 is 10.1 Å². The van der Waals surface area contributed by atoms with Crippen LogP contribution in [0.5, 0.6) is 0 Å². The first-order chi connectivity index (χ1) is 12.7. The third-order valence-corrected chi connectivity index (χ3v) is 4.40. The van der Waals surface area contributed by atoms with Crippen molar-refractivity contribution in [3.8, 4) is 6.07 Å². The molecule has 0 unspecified atom stereocenters. The Kier molecular flexibility index (Phi) is 5.39. The fraction of sp³-hybridized carbons (Fsp3) is 0.222. The van der Waals surface area contributed by atoms with E-state index in [1.807, 2.05) is 36.6 Å². The molecule has 2 aromatic heterocycles. The minimum absolute atomic E-state index is 0.265. The highest BCUT2D eigenvalue weighted by molar-refractivity contribution is 7.98. The van der Waals surface area contributed by atoms with Crippen molar-refractivity contribution < 1.29 is 9.53 Å². The molecular formula is C18H17N5O2S. The largest absolute Gasteiger partial charge is 0.462 e. The molecule has 0 aliphatic heterocycles. The van der Waals surface area contributed by atoms with Crippen LogP contribution in [0.4, 0.5) is 5.82 Å². The molecule has 1 aromatic carbocycles. The first-order valence-electron chi connectivity index (χ1n) is 8.00. The maximum absolute atomic E-state index is 12.2. The number of carbonyl (C=O) groups is 1. The number of ether oxygens (including phenoxy) is 1. The summed E-state index contributed by atoms with van der Waals surface area (Å²) in [5, 5.41) is 17.6. The van der Waals surface area contributed by atoms with Gasteiger partial charge in [-0.25, -0.2) is 9.78 Å². The monoisotopic (exact) mass is 367 g/mol. The molecule has 0 bridgehead atoms. The molecule has 0 spiro atoms. The van der Waals surface area contributed by atoms with Gasteiger partial charge in [0.05, 0.1) is 12.8 Å². The summed E-state index contributed by atoms with van der Waals surface area (Å²) < 4.78 is 6.55. The number of anilines is 1. The van der Waals surface area contributed by atoms with Crippen LogP contribution in [-0.4, -0.2) is 33.4 Å². The van der Waals surface area contributed by atoms with Crippen LogP contribution in [0.2, 0.25) is 0 Å². The summed E-state index contributed by atoms with van der Waals surface area (Å²) in [5.74, 6) is 0.0158. The standard InChI is InChI=1S/C18H17N5O2S/c1-3-25-18(24)14-11-21-23-15(20-10-12-7-5-4-6-8-12)13(9-19)17(26-2)22-16(14)23/h4-8,11,20H,3,10H2,1-2H3. The van der Waals surface area contributed by atoms with Gasteiger partial charge in [-0.15, -0.1) is 11.8 Å². The Balaban J connectivity index is 2.09. The molecule has 0 saturated carbocycles. The molecule has 1 N–H and O–H groups in total. The Labute approximate surface area is 155 Å². The number of hydrogen-bond acceptors (Lipinski definition) is 7. The molecule has 0 aliphatic rings. The lowest BCUT2D eigenvalue weighted by Crippen LogP contribution is -2.11. The highest BCUT2D eigenvalue weighted by atomic mass is 32.2. The zero-order chi connectivity index (χ0) is 18.5. The van der Waals surface area contributed by atoms with Crippen molar-refractivity contribution in [1.82, 2.24) is 14.6 Å². The molecule has 26 heavy (non-hydrogen) atoms. The maximum Gasteiger partial charge on any atom is 0.343 e. The van der Waals surface area contributed by atoms with Crippen LogP contribution < -0.4 is 5.32 Å². The number of nitrogens with zero attached hydrogens (tertiary/aromatic N) is 4. The van der Waals surface area contributed by atoms with Gasteiger partial charge in [0.2, 0.25) is 0 Å². The van der Waals surface area contributed by atoms with Crippen molar-refractivity contribution >= 4 is 29.2 Å². The van der Waals surface area contributed by atoms with Crippen LogP contribution >= 0.6 is 11.8 Å². The number of fused-ring (bicyclic) bond motifs is 1. The van der Waals surface area contributed by atoms with E-state index in [9.17, 15) is 10.1 Å². The summed E-state index contributed by atoms with van der Waals surface area (Å²) in [7, 11) is 0. The number of benzene rings is 1. The number of rotatable bonds is 6. The summed E-state index contributed by atoms with van der Waals surface area (Å²) in [5.41, 5.74) is 2.08. The minimum atomic E-state index is -0.485. The van der Waals surface area contributed by atoms with E-state index in [-0.39, 0.29) is 12.2 Å². The van der Waals surface area contributed by atoms with Crippen LogP contribution in [0.3, 0.4) is 0 Å². The van der Waals surface area contributed by atoms with Gasteiger partial charge in [0.15, 0.2) is 11.5 Å². The summed E-state index contributed by atoms with van der Waals surface area (Å²) in [6.07, 6.45) is 3.25. The first-order valence-corrected chi connectivity index (χ1v) is 9.22. The number of esters is 1. The molecule has 8 heteroatoms. The molecule has 2 heterocycles. The van der Waals surface area contributed by atoms with Crippen LogP contribution in [0.15, 0.2) is 41.6 Å². The highest BCUT2D eigenvalue weighted by Crippen LogP contribution is 2.28. The Morgan fingerprint density at radius 1 is 1.38 bits per heavy atom. The van der Waals surface area contributed by atoms with E-state index < -0.39 is 5.97 Å². The Morgan fingerprint density at radius 2 is 2.15 bits per heavy atom. The van der Waals surface area contributed by atoms with Crippen molar-refractivity contribution in [3.63, 3.8) is 0 Å². The van der Waals surface area contributed by atoms with E-state index >= 15 is 0 Å². The molecule has 0 fully saturated rings. The molecule has 3 rings (SSSR count). The average Bonchev–Trinajstić information content (AvgIpc) is 3.10. The van der Waals surface area contributed by atoms with Crippen molar-refractivity contribution in [2.45, 2.75) is 18.5 Å². The Bertz CT molecular complexity index is 979. The molecule has 132 valence electrons. The van der Waals surface area contributed by atoms with E-state index in [2.05, 4.69) is 21.5 Å². The molecule has 0 atom stereocenters.